The van der Waals surface area contributed by atoms with Gasteiger partial charge in [-0.15, -0.1) is 0 Å². The molecule has 2 aliphatic rings. The third kappa shape index (κ3) is 2.94. The van der Waals surface area contributed by atoms with Crippen LogP contribution in [0.4, 0.5) is 0 Å². The molecule has 126 valence electrons. The minimum absolute atomic E-state index is 0.0319. The van der Waals surface area contributed by atoms with Crippen molar-refractivity contribution in [1.82, 2.24) is 10.3 Å². The van der Waals surface area contributed by atoms with E-state index in [-0.39, 0.29) is 24.0 Å². The molecule has 0 saturated carbocycles. The summed E-state index contributed by atoms with van der Waals surface area (Å²) >= 11 is 5.91. The van der Waals surface area contributed by atoms with Crippen LogP contribution >= 0.6 is 11.6 Å². The molecule has 2 bridgehead atoms. The van der Waals surface area contributed by atoms with E-state index in [1.54, 1.807) is 0 Å². The molecule has 3 heterocycles. The molecule has 2 aromatic rings. The number of nitrogens with one attached hydrogen (secondary N) is 1. The van der Waals surface area contributed by atoms with Crippen molar-refractivity contribution in [2.45, 2.75) is 44.9 Å². The molecule has 0 spiro atoms. The smallest absolute Gasteiger partial charge is 0.226 e. The fourth-order valence-electron chi connectivity index (χ4n) is 3.60. The molecule has 6 heteroatoms. The van der Waals surface area contributed by atoms with E-state index in [4.69, 9.17) is 20.8 Å². The highest BCUT2D eigenvalue weighted by Gasteiger charge is 2.44. The molecule has 5 nitrogen and oxygen atoms in total. The molecule has 1 N–H and O–H groups in total. The normalized spacial score (nSPS) is 25.2. The molecule has 1 amide bonds. The van der Waals surface area contributed by atoms with Crippen LogP contribution in [0, 0.1) is 12.8 Å². The molecule has 0 radical (unpaired) electrons. The van der Waals surface area contributed by atoms with E-state index < -0.39 is 0 Å². The van der Waals surface area contributed by atoms with Gasteiger partial charge in [0.05, 0.1) is 30.4 Å². The van der Waals surface area contributed by atoms with E-state index in [2.05, 4.69) is 10.3 Å². The number of rotatable bonds is 4. The van der Waals surface area contributed by atoms with Crippen LogP contribution in [0.5, 0.6) is 0 Å². The fourth-order valence-corrected chi connectivity index (χ4v) is 3.73. The number of amides is 1. The third-order valence-electron chi connectivity index (χ3n) is 4.80. The first-order chi connectivity index (χ1) is 11.6. The quantitative estimate of drug-likeness (QED) is 0.920. The number of halogens is 1. The fraction of sp³-hybridized carbons (Fsp3) is 0.444. The van der Waals surface area contributed by atoms with Gasteiger partial charge in [0.2, 0.25) is 11.8 Å². The highest BCUT2D eigenvalue weighted by atomic mass is 35.5. The molecule has 3 unspecified atom stereocenters. The summed E-state index contributed by atoms with van der Waals surface area (Å²) in [4.78, 5) is 16.7. The van der Waals surface area contributed by atoms with Gasteiger partial charge in [-0.1, -0.05) is 11.6 Å². The summed E-state index contributed by atoms with van der Waals surface area (Å²) in [6.07, 6.45) is 3.26. The van der Waals surface area contributed by atoms with Gasteiger partial charge in [0, 0.05) is 10.6 Å². The Morgan fingerprint density at radius 2 is 2.12 bits per heavy atom. The summed E-state index contributed by atoms with van der Waals surface area (Å²) in [5.41, 5.74) is 1.72. The van der Waals surface area contributed by atoms with E-state index in [1.165, 1.54) is 0 Å². The van der Waals surface area contributed by atoms with Crippen molar-refractivity contribution in [2.24, 2.45) is 5.92 Å². The van der Waals surface area contributed by atoms with Crippen LogP contribution in [0.3, 0.4) is 0 Å². The maximum Gasteiger partial charge on any atom is 0.226 e. The zero-order chi connectivity index (χ0) is 16.7. The topological polar surface area (TPSA) is 64.4 Å². The highest BCUT2D eigenvalue weighted by Crippen LogP contribution is 2.38. The summed E-state index contributed by atoms with van der Waals surface area (Å²) in [7, 11) is 0. The van der Waals surface area contributed by atoms with Crippen LogP contribution < -0.4 is 5.32 Å². The van der Waals surface area contributed by atoms with E-state index in [0.717, 1.165) is 30.5 Å². The standard InChI is InChI=1S/C18H19ClN2O3/c1-10-17(11-2-4-12(19)5-3-11)24-16(21-10)9-20-18(22)14-8-13-6-7-15(14)23-13/h2-5,13-15H,6-9H2,1H3,(H,20,22). The van der Waals surface area contributed by atoms with Crippen LogP contribution in [0.25, 0.3) is 11.3 Å². The number of ether oxygens (including phenoxy) is 1. The Morgan fingerprint density at radius 1 is 1.33 bits per heavy atom. The number of fused-ring (bicyclic) bond motifs is 2. The van der Waals surface area contributed by atoms with Crippen molar-refractivity contribution in [1.29, 1.82) is 0 Å². The maximum absolute atomic E-state index is 12.3. The Labute approximate surface area is 145 Å². The number of aryl methyl sites for hydroxylation is 1. The Bertz CT molecular complexity index is 756. The first-order valence-electron chi connectivity index (χ1n) is 8.25. The summed E-state index contributed by atoms with van der Waals surface area (Å²) in [6.45, 7) is 2.18. The minimum atomic E-state index is -0.0319. The molecule has 1 aromatic carbocycles. The van der Waals surface area contributed by atoms with E-state index in [1.807, 2.05) is 31.2 Å². The van der Waals surface area contributed by atoms with Crippen LogP contribution in [-0.2, 0) is 16.1 Å². The van der Waals surface area contributed by atoms with Crippen molar-refractivity contribution >= 4 is 17.5 Å². The van der Waals surface area contributed by atoms with Crippen molar-refractivity contribution in [3.63, 3.8) is 0 Å². The zero-order valence-corrected chi connectivity index (χ0v) is 14.2. The van der Waals surface area contributed by atoms with Gasteiger partial charge in [0.15, 0.2) is 5.76 Å². The predicted molar refractivity (Wildman–Crippen MR) is 89.5 cm³/mol. The van der Waals surface area contributed by atoms with Crippen LogP contribution in [0.15, 0.2) is 28.7 Å². The molecule has 1 aromatic heterocycles. The largest absolute Gasteiger partial charge is 0.438 e. The molecule has 0 aliphatic carbocycles. The number of oxazole rings is 1. The zero-order valence-electron chi connectivity index (χ0n) is 13.4. The van der Waals surface area contributed by atoms with Gasteiger partial charge in [0.25, 0.3) is 0 Å². The summed E-state index contributed by atoms with van der Waals surface area (Å²) in [5, 5.41) is 3.61. The van der Waals surface area contributed by atoms with Crippen LogP contribution in [0.1, 0.15) is 30.8 Å². The van der Waals surface area contributed by atoms with Gasteiger partial charge in [0.1, 0.15) is 0 Å². The Hall–Kier alpha value is -1.85. The van der Waals surface area contributed by atoms with Gasteiger partial charge < -0.3 is 14.5 Å². The summed E-state index contributed by atoms with van der Waals surface area (Å²) < 4.78 is 11.6. The van der Waals surface area contributed by atoms with Crippen LogP contribution in [0.2, 0.25) is 5.02 Å². The first-order valence-corrected chi connectivity index (χ1v) is 8.63. The highest BCUT2D eigenvalue weighted by molar-refractivity contribution is 6.30. The van der Waals surface area contributed by atoms with Gasteiger partial charge in [-0.2, -0.15) is 0 Å². The van der Waals surface area contributed by atoms with E-state index in [0.29, 0.717) is 23.2 Å². The second kappa shape index (κ2) is 6.22. The molecule has 2 saturated heterocycles. The molecular formula is C18H19ClN2O3. The lowest BCUT2D eigenvalue weighted by atomic mass is 9.88. The third-order valence-corrected chi connectivity index (χ3v) is 5.06. The molecule has 2 fully saturated rings. The molecule has 3 atom stereocenters. The molecule has 2 aliphatic heterocycles. The van der Waals surface area contributed by atoms with Crippen LogP contribution in [-0.4, -0.2) is 23.1 Å². The van der Waals surface area contributed by atoms with Crippen molar-refractivity contribution in [3.05, 3.63) is 40.9 Å². The Balaban J connectivity index is 1.41. The minimum Gasteiger partial charge on any atom is -0.438 e. The number of carbonyl (C=O) groups is 1. The number of nitrogens with zero attached hydrogens (tertiary/aromatic N) is 1. The van der Waals surface area contributed by atoms with Crippen molar-refractivity contribution < 1.29 is 13.9 Å². The molecular weight excluding hydrogens is 328 g/mol. The second-order valence-electron chi connectivity index (χ2n) is 6.46. The lowest BCUT2D eigenvalue weighted by molar-refractivity contribution is -0.126. The van der Waals surface area contributed by atoms with Gasteiger partial charge in [-0.25, -0.2) is 4.98 Å². The van der Waals surface area contributed by atoms with Gasteiger partial charge in [-0.05, 0) is 50.5 Å². The number of benzene rings is 1. The van der Waals surface area contributed by atoms with Crippen molar-refractivity contribution in [2.75, 3.05) is 0 Å². The predicted octanol–water partition coefficient (Wildman–Crippen LogP) is 3.49. The Kier molecular flexibility index (Phi) is 4.06. The monoisotopic (exact) mass is 346 g/mol. The SMILES string of the molecule is Cc1nc(CNC(=O)C2CC3CCC2O3)oc1-c1ccc(Cl)cc1. The van der Waals surface area contributed by atoms with E-state index in [9.17, 15) is 4.79 Å². The molecule has 4 rings (SSSR count). The van der Waals surface area contributed by atoms with E-state index >= 15 is 0 Å². The molecule has 24 heavy (non-hydrogen) atoms. The van der Waals surface area contributed by atoms with Crippen molar-refractivity contribution in [3.8, 4) is 11.3 Å². The van der Waals surface area contributed by atoms with Gasteiger partial charge in [-0.3, -0.25) is 4.79 Å². The Morgan fingerprint density at radius 3 is 2.79 bits per heavy atom. The number of hydrogen-bond donors (Lipinski definition) is 1. The summed E-state index contributed by atoms with van der Waals surface area (Å²) in [5.74, 6) is 1.22. The second-order valence-corrected chi connectivity index (χ2v) is 6.90. The average molecular weight is 347 g/mol. The lowest BCUT2D eigenvalue weighted by Gasteiger charge is -2.17. The lowest BCUT2D eigenvalue weighted by Crippen LogP contribution is -2.35. The first kappa shape index (κ1) is 15.7. The number of aromatic nitrogens is 1. The number of carbonyl (C=O) groups excluding carboxylic acids is 1. The van der Waals surface area contributed by atoms with Gasteiger partial charge >= 0.3 is 0 Å². The summed E-state index contributed by atoms with van der Waals surface area (Å²) in [6, 6.07) is 7.42. The average Bonchev–Trinajstić information content (AvgIpc) is 3.29. The maximum atomic E-state index is 12.3. The number of hydrogen-bond acceptors (Lipinski definition) is 4.